The van der Waals surface area contributed by atoms with E-state index in [9.17, 15) is 10.2 Å². The molecule has 0 aliphatic heterocycles. The van der Waals surface area contributed by atoms with Crippen LogP contribution in [0.25, 0.3) is 0 Å². The maximum atomic E-state index is 11.9. The molecular formula is C26H40O2Si. The third kappa shape index (κ3) is 3.24. The van der Waals surface area contributed by atoms with E-state index in [0.29, 0.717) is 23.5 Å². The lowest BCUT2D eigenvalue weighted by molar-refractivity contribution is -0.0709. The average molecular weight is 413 g/mol. The number of aromatic hydroxyl groups is 1. The summed E-state index contributed by atoms with van der Waals surface area (Å²) in [5.41, 5.74) is 4.73. The zero-order valence-electron chi connectivity index (χ0n) is 18.9. The van der Waals surface area contributed by atoms with Crippen LogP contribution in [0.5, 0.6) is 5.75 Å². The zero-order valence-corrected chi connectivity index (χ0v) is 19.9. The lowest BCUT2D eigenvalue weighted by Gasteiger charge is -2.53. The Labute approximate surface area is 178 Å². The van der Waals surface area contributed by atoms with Crippen LogP contribution in [-0.4, -0.2) is 23.9 Å². The fourth-order valence-corrected chi connectivity index (χ4v) is 10.1. The van der Waals surface area contributed by atoms with Gasteiger partial charge in [-0.15, -0.1) is 0 Å². The summed E-state index contributed by atoms with van der Waals surface area (Å²) in [5, 5.41) is 21.8. The largest absolute Gasteiger partial charge is 0.508 e. The van der Waals surface area contributed by atoms with Crippen LogP contribution in [0.4, 0.5) is 0 Å². The Morgan fingerprint density at radius 2 is 1.79 bits per heavy atom. The van der Waals surface area contributed by atoms with Gasteiger partial charge in [0.1, 0.15) is 5.75 Å². The van der Waals surface area contributed by atoms with E-state index in [4.69, 9.17) is 0 Å². The topological polar surface area (TPSA) is 40.5 Å². The number of aliphatic hydroxyl groups is 1. The van der Waals surface area contributed by atoms with Crippen molar-refractivity contribution in [3.05, 3.63) is 41.1 Å². The Hall–Kier alpha value is -1.06. The first-order valence-electron chi connectivity index (χ1n) is 12.1. The molecule has 0 amide bonds. The van der Waals surface area contributed by atoms with Gasteiger partial charge in [0, 0.05) is 5.41 Å². The predicted octanol–water partition coefficient (Wildman–Crippen LogP) is 6.58. The molecule has 1 aromatic rings. The molecule has 0 saturated heterocycles. The van der Waals surface area contributed by atoms with Gasteiger partial charge >= 0.3 is 0 Å². The maximum Gasteiger partial charge on any atom is 0.115 e. The zero-order chi connectivity index (χ0) is 20.9. The van der Waals surface area contributed by atoms with Crippen molar-refractivity contribution >= 4 is 8.07 Å². The highest BCUT2D eigenvalue weighted by Gasteiger charge is 2.60. The van der Waals surface area contributed by atoms with Gasteiger partial charge in [0.05, 0.1) is 13.7 Å². The van der Waals surface area contributed by atoms with Crippen molar-refractivity contribution in [2.45, 2.75) is 95.9 Å². The molecular weight excluding hydrogens is 372 g/mol. The number of rotatable bonds is 5. The molecule has 2 fully saturated rings. The minimum atomic E-state index is -1.37. The summed E-state index contributed by atoms with van der Waals surface area (Å²) in [5.74, 6) is 2.30. The summed E-state index contributed by atoms with van der Waals surface area (Å²) in [6, 6.07) is 9.86. The SMILES string of the molecule is CC[Si](/C=C\[C@]1(O)CC[C@H]2[C@@H]3CCc4cc(O)ccc4[C@H]3CC[C@@]21C)(CC)CC. The van der Waals surface area contributed by atoms with Crippen LogP contribution in [0.15, 0.2) is 30.0 Å². The molecule has 2 N–H and O–H groups in total. The van der Waals surface area contributed by atoms with Gasteiger partial charge in [-0.05, 0) is 79.5 Å². The van der Waals surface area contributed by atoms with Gasteiger partial charge in [0.2, 0.25) is 0 Å². The second kappa shape index (κ2) is 7.57. The first-order chi connectivity index (χ1) is 13.8. The molecule has 2 nitrogen and oxygen atoms in total. The highest BCUT2D eigenvalue weighted by atomic mass is 28.3. The van der Waals surface area contributed by atoms with Gasteiger partial charge in [0.15, 0.2) is 0 Å². The first kappa shape index (κ1) is 21.2. The van der Waals surface area contributed by atoms with E-state index in [1.165, 1.54) is 42.1 Å². The lowest BCUT2D eigenvalue weighted by atomic mass is 9.53. The van der Waals surface area contributed by atoms with Crippen molar-refractivity contribution in [2.75, 3.05) is 0 Å². The Bertz CT molecular complexity index is 775. The fourth-order valence-electron chi connectivity index (χ4n) is 7.31. The van der Waals surface area contributed by atoms with Crippen LogP contribution in [0, 0.1) is 17.3 Å². The lowest BCUT2D eigenvalue weighted by Crippen LogP contribution is -2.50. The van der Waals surface area contributed by atoms with Gasteiger partial charge in [-0.1, -0.05) is 63.7 Å². The third-order valence-corrected chi connectivity index (χ3v) is 14.8. The molecule has 0 heterocycles. The maximum absolute atomic E-state index is 11.9. The molecule has 1 aromatic carbocycles. The molecule has 0 bridgehead atoms. The van der Waals surface area contributed by atoms with E-state index in [1.54, 1.807) is 0 Å². The standard InChI is InChI=1S/C26H40O2Si/c1-5-29(6-2,7-3)17-16-26(28)15-13-24-23-10-8-19-18-20(27)9-11-21(19)22(23)12-14-25(24,26)4/h9,11,16-18,22-24,27-28H,5-8,10,12-15H2,1-4H3/b17-16-/t22-,23-,24+,25+,26-/m1/s1. The van der Waals surface area contributed by atoms with Crippen molar-refractivity contribution in [3.63, 3.8) is 0 Å². The van der Waals surface area contributed by atoms with Gasteiger partial charge in [-0.3, -0.25) is 0 Å². The van der Waals surface area contributed by atoms with Crippen LogP contribution < -0.4 is 0 Å². The molecule has 3 aliphatic rings. The normalized spacial score (nSPS) is 36.7. The van der Waals surface area contributed by atoms with Crippen LogP contribution >= 0.6 is 0 Å². The number of hydrogen-bond acceptors (Lipinski definition) is 2. The van der Waals surface area contributed by atoms with E-state index in [1.807, 2.05) is 12.1 Å². The molecule has 3 heteroatoms. The van der Waals surface area contributed by atoms with Gasteiger partial charge < -0.3 is 10.2 Å². The Balaban J connectivity index is 1.62. The van der Waals surface area contributed by atoms with E-state index >= 15 is 0 Å². The number of benzene rings is 1. The Morgan fingerprint density at radius 3 is 2.48 bits per heavy atom. The van der Waals surface area contributed by atoms with Crippen molar-refractivity contribution in [3.8, 4) is 5.75 Å². The molecule has 160 valence electrons. The fraction of sp³-hybridized carbons (Fsp3) is 0.692. The van der Waals surface area contributed by atoms with E-state index in [0.717, 1.165) is 25.7 Å². The van der Waals surface area contributed by atoms with Gasteiger partial charge in [-0.25, -0.2) is 0 Å². The van der Waals surface area contributed by atoms with Gasteiger partial charge in [0.25, 0.3) is 0 Å². The second-order valence-corrected chi connectivity index (χ2v) is 15.7. The second-order valence-electron chi connectivity index (χ2n) is 10.5. The Kier molecular flexibility index (Phi) is 5.53. The molecule has 0 spiro atoms. The smallest absolute Gasteiger partial charge is 0.115 e. The number of hydrogen-bond donors (Lipinski definition) is 2. The minimum absolute atomic E-state index is 0.00839. The Morgan fingerprint density at radius 1 is 1.07 bits per heavy atom. The number of aryl methyl sites for hydroxylation is 1. The van der Waals surface area contributed by atoms with Crippen molar-refractivity contribution in [2.24, 2.45) is 17.3 Å². The van der Waals surface area contributed by atoms with E-state index in [2.05, 4.69) is 45.5 Å². The summed E-state index contributed by atoms with van der Waals surface area (Å²) in [7, 11) is -1.37. The monoisotopic (exact) mass is 412 g/mol. The van der Waals surface area contributed by atoms with Crippen LogP contribution in [0.3, 0.4) is 0 Å². The van der Waals surface area contributed by atoms with Crippen LogP contribution in [-0.2, 0) is 6.42 Å². The van der Waals surface area contributed by atoms with Crippen LogP contribution in [0.2, 0.25) is 18.1 Å². The van der Waals surface area contributed by atoms with Crippen molar-refractivity contribution < 1.29 is 10.2 Å². The van der Waals surface area contributed by atoms with Gasteiger partial charge in [-0.2, -0.15) is 0 Å². The average Bonchev–Trinajstić information content (AvgIpc) is 3.00. The number of phenols is 1. The summed E-state index contributed by atoms with van der Waals surface area (Å²) >= 11 is 0. The highest BCUT2D eigenvalue weighted by Crippen LogP contribution is 2.64. The summed E-state index contributed by atoms with van der Waals surface area (Å²) in [6.45, 7) is 9.42. The third-order valence-electron chi connectivity index (χ3n) is 9.75. The molecule has 3 aliphatic carbocycles. The summed E-state index contributed by atoms with van der Waals surface area (Å²) in [4.78, 5) is 0. The van der Waals surface area contributed by atoms with E-state index in [-0.39, 0.29) is 5.41 Å². The summed E-state index contributed by atoms with van der Waals surface area (Å²) in [6.07, 6.45) is 8.94. The van der Waals surface area contributed by atoms with Crippen molar-refractivity contribution in [1.82, 2.24) is 0 Å². The van der Waals surface area contributed by atoms with Crippen molar-refractivity contribution in [1.29, 1.82) is 0 Å². The first-order valence-corrected chi connectivity index (χ1v) is 14.8. The highest BCUT2D eigenvalue weighted by molar-refractivity contribution is 6.84. The number of fused-ring (bicyclic) bond motifs is 5. The quantitative estimate of drug-likeness (QED) is 0.536. The molecule has 0 aromatic heterocycles. The minimum Gasteiger partial charge on any atom is -0.508 e. The molecule has 5 atom stereocenters. The molecule has 29 heavy (non-hydrogen) atoms. The molecule has 0 radical (unpaired) electrons. The summed E-state index contributed by atoms with van der Waals surface area (Å²) < 4.78 is 0. The molecule has 0 unspecified atom stereocenters. The molecule has 4 rings (SSSR count). The van der Waals surface area contributed by atoms with Crippen LogP contribution in [0.1, 0.15) is 76.8 Å². The predicted molar refractivity (Wildman–Crippen MR) is 124 cm³/mol. The molecule has 2 saturated carbocycles. The van der Waals surface area contributed by atoms with E-state index < -0.39 is 13.7 Å². The number of phenolic OH excluding ortho intramolecular Hbond substituents is 1.